The van der Waals surface area contributed by atoms with Crippen LogP contribution in [0.3, 0.4) is 0 Å². The minimum Gasteiger partial charge on any atom is -0.457 e. The zero-order valence-electron chi connectivity index (χ0n) is 12.1. The number of hydrogen-bond acceptors (Lipinski definition) is 2. The summed E-state index contributed by atoms with van der Waals surface area (Å²) < 4.78 is 5.29. The lowest BCUT2D eigenvalue weighted by Gasteiger charge is -2.09. The normalized spacial score (nSPS) is 11.0. The molecule has 0 atom stereocenters. The monoisotopic (exact) mass is 278 g/mol. The second-order valence-electron chi connectivity index (χ2n) is 4.80. The molecule has 0 heterocycles. The molecule has 0 amide bonds. The number of rotatable bonds is 5. The van der Waals surface area contributed by atoms with Gasteiger partial charge < -0.3 is 4.74 Å². The van der Waals surface area contributed by atoms with Gasteiger partial charge in [0.25, 0.3) is 0 Å². The van der Waals surface area contributed by atoms with E-state index in [9.17, 15) is 4.79 Å². The molecule has 0 spiro atoms. The van der Waals surface area contributed by atoms with Crippen LogP contribution in [0.4, 0.5) is 0 Å². The maximum Gasteiger partial charge on any atom is 0.333 e. The average Bonchev–Trinajstić information content (AvgIpc) is 2.52. The molecule has 0 aromatic heterocycles. The number of ether oxygens (including phenoxy) is 1. The lowest BCUT2D eigenvalue weighted by Crippen LogP contribution is -2.07. The van der Waals surface area contributed by atoms with Gasteiger partial charge >= 0.3 is 5.97 Å². The van der Waals surface area contributed by atoms with E-state index in [1.807, 2.05) is 66.7 Å². The highest BCUT2D eigenvalue weighted by molar-refractivity contribution is 5.89. The summed E-state index contributed by atoms with van der Waals surface area (Å²) in [6.45, 7) is 5.47. The van der Waals surface area contributed by atoms with Gasteiger partial charge in [-0.1, -0.05) is 67.2 Å². The van der Waals surface area contributed by atoms with E-state index >= 15 is 0 Å². The highest BCUT2D eigenvalue weighted by Crippen LogP contribution is 2.19. The van der Waals surface area contributed by atoms with Gasteiger partial charge in [-0.3, -0.25) is 0 Å². The maximum atomic E-state index is 11.6. The molecule has 2 heteroatoms. The highest BCUT2D eigenvalue weighted by Gasteiger charge is 2.07. The molecule has 0 aliphatic rings. The zero-order valence-corrected chi connectivity index (χ0v) is 12.1. The predicted octanol–water partition coefficient (Wildman–Crippen LogP) is 4.35. The van der Waals surface area contributed by atoms with Crippen molar-refractivity contribution in [1.29, 1.82) is 0 Å². The van der Waals surface area contributed by atoms with Crippen molar-refractivity contribution in [3.8, 4) is 0 Å². The predicted molar refractivity (Wildman–Crippen MR) is 86.5 cm³/mol. The Morgan fingerprint density at radius 3 is 2.19 bits per heavy atom. The van der Waals surface area contributed by atoms with Crippen LogP contribution in [0.2, 0.25) is 0 Å². The SMILES string of the molecule is C=C(C)C(=O)OC/C(=C\c1ccccc1)c1ccccc1. The van der Waals surface area contributed by atoms with E-state index < -0.39 is 0 Å². The lowest BCUT2D eigenvalue weighted by molar-refractivity contribution is -0.137. The summed E-state index contributed by atoms with van der Waals surface area (Å²) in [6, 6.07) is 19.9. The Morgan fingerprint density at radius 1 is 1.05 bits per heavy atom. The number of carbonyl (C=O) groups excluding carboxylic acids is 1. The molecule has 0 N–H and O–H groups in total. The van der Waals surface area contributed by atoms with Gasteiger partial charge in [0, 0.05) is 5.57 Å². The first-order chi connectivity index (χ1) is 10.2. The number of esters is 1. The third kappa shape index (κ3) is 4.46. The molecule has 2 nitrogen and oxygen atoms in total. The Morgan fingerprint density at radius 2 is 1.62 bits per heavy atom. The van der Waals surface area contributed by atoms with E-state index in [0.29, 0.717) is 5.57 Å². The van der Waals surface area contributed by atoms with Crippen LogP contribution in [0.15, 0.2) is 72.8 Å². The first-order valence-corrected chi connectivity index (χ1v) is 6.80. The van der Waals surface area contributed by atoms with Crippen LogP contribution in [-0.4, -0.2) is 12.6 Å². The minimum absolute atomic E-state index is 0.227. The van der Waals surface area contributed by atoms with Crippen LogP contribution in [0.25, 0.3) is 11.6 Å². The van der Waals surface area contributed by atoms with Crippen LogP contribution in [-0.2, 0) is 9.53 Å². The summed E-state index contributed by atoms with van der Waals surface area (Å²) in [4.78, 5) is 11.6. The van der Waals surface area contributed by atoms with Crippen LogP contribution in [0, 0.1) is 0 Å². The minimum atomic E-state index is -0.370. The third-order valence-corrected chi connectivity index (χ3v) is 2.99. The number of hydrogen-bond donors (Lipinski definition) is 0. The summed E-state index contributed by atoms with van der Waals surface area (Å²) in [5, 5.41) is 0. The van der Waals surface area contributed by atoms with E-state index in [1.165, 1.54) is 0 Å². The fourth-order valence-electron chi connectivity index (χ4n) is 1.88. The van der Waals surface area contributed by atoms with E-state index in [4.69, 9.17) is 4.74 Å². The van der Waals surface area contributed by atoms with Gasteiger partial charge in [0.2, 0.25) is 0 Å². The zero-order chi connectivity index (χ0) is 15.1. The van der Waals surface area contributed by atoms with Crippen LogP contribution >= 0.6 is 0 Å². The molecule has 0 aliphatic heterocycles. The van der Waals surface area contributed by atoms with Crippen LogP contribution in [0.5, 0.6) is 0 Å². The molecule has 0 aliphatic carbocycles. The smallest absolute Gasteiger partial charge is 0.333 e. The largest absolute Gasteiger partial charge is 0.457 e. The van der Waals surface area contributed by atoms with Gasteiger partial charge in [0.1, 0.15) is 6.61 Å². The summed E-state index contributed by atoms with van der Waals surface area (Å²) in [7, 11) is 0. The molecule has 0 unspecified atom stereocenters. The van der Waals surface area contributed by atoms with Crippen molar-refractivity contribution >= 4 is 17.6 Å². The van der Waals surface area contributed by atoms with E-state index in [1.54, 1.807) is 6.92 Å². The summed E-state index contributed by atoms with van der Waals surface area (Å²) in [5.41, 5.74) is 3.47. The molecule has 21 heavy (non-hydrogen) atoms. The summed E-state index contributed by atoms with van der Waals surface area (Å²) in [5.74, 6) is -0.370. The van der Waals surface area contributed by atoms with Crippen LogP contribution in [0.1, 0.15) is 18.1 Å². The van der Waals surface area contributed by atoms with Gasteiger partial charge in [-0.25, -0.2) is 4.79 Å². The van der Waals surface area contributed by atoms with Crippen molar-refractivity contribution in [3.05, 3.63) is 83.9 Å². The fourth-order valence-corrected chi connectivity index (χ4v) is 1.88. The molecule has 0 radical (unpaired) electrons. The summed E-state index contributed by atoms with van der Waals surface area (Å²) in [6.07, 6.45) is 2.03. The van der Waals surface area contributed by atoms with Gasteiger partial charge in [-0.15, -0.1) is 0 Å². The Hall–Kier alpha value is -2.61. The molecule has 0 saturated heterocycles. The Balaban J connectivity index is 2.25. The fraction of sp³-hybridized carbons (Fsp3) is 0.105. The maximum absolute atomic E-state index is 11.6. The molecule has 2 rings (SSSR count). The Labute approximate surface area is 125 Å². The highest BCUT2D eigenvalue weighted by atomic mass is 16.5. The topological polar surface area (TPSA) is 26.3 Å². The molecule has 2 aromatic rings. The number of carbonyl (C=O) groups is 1. The van der Waals surface area contributed by atoms with E-state index in [2.05, 4.69) is 6.58 Å². The first kappa shape index (κ1) is 14.8. The van der Waals surface area contributed by atoms with Crippen LogP contribution < -0.4 is 0 Å². The van der Waals surface area contributed by atoms with Gasteiger partial charge in [0.15, 0.2) is 0 Å². The van der Waals surface area contributed by atoms with Crippen molar-refractivity contribution in [3.63, 3.8) is 0 Å². The molecule has 0 saturated carbocycles. The second kappa shape index (κ2) is 7.25. The van der Waals surface area contributed by atoms with Crippen molar-refractivity contribution < 1.29 is 9.53 Å². The third-order valence-electron chi connectivity index (χ3n) is 2.99. The average molecular weight is 278 g/mol. The van der Waals surface area contributed by atoms with Crippen molar-refractivity contribution in [2.75, 3.05) is 6.61 Å². The molecular formula is C19H18O2. The van der Waals surface area contributed by atoms with E-state index in [0.717, 1.165) is 16.7 Å². The quantitative estimate of drug-likeness (QED) is 0.462. The lowest BCUT2D eigenvalue weighted by atomic mass is 10.0. The second-order valence-corrected chi connectivity index (χ2v) is 4.80. The van der Waals surface area contributed by atoms with Crippen molar-refractivity contribution in [1.82, 2.24) is 0 Å². The molecule has 0 bridgehead atoms. The van der Waals surface area contributed by atoms with Gasteiger partial charge in [-0.05, 0) is 29.7 Å². The Bertz CT molecular complexity index is 640. The van der Waals surface area contributed by atoms with Crippen molar-refractivity contribution in [2.45, 2.75) is 6.92 Å². The standard InChI is InChI=1S/C19H18O2/c1-15(2)19(20)21-14-18(17-11-7-4-8-12-17)13-16-9-5-3-6-10-16/h3-13H,1,14H2,2H3/b18-13+. The van der Waals surface area contributed by atoms with Crippen molar-refractivity contribution in [2.24, 2.45) is 0 Å². The molecule has 2 aromatic carbocycles. The molecule has 106 valence electrons. The molecule has 0 fully saturated rings. The number of benzene rings is 2. The summed E-state index contributed by atoms with van der Waals surface area (Å²) >= 11 is 0. The van der Waals surface area contributed by atoms with E-state index in [-0.39, 0.29) is 12.6 Å². The van der Waals surface area contributed by atoms with Gasteiger partial charge in [-0.2, -0.15) is 0 Å². The van der Waals surface area contributed by atoms with Gasteiger partial charge in [0.05, 0.1) is 0 Å². The Kier molecular flexibility index (Phi) is 5.10. The molecular weight excluding hydrogens is 260 g/mol. The first-order valence-electron chi connectivity index (χ1n) is 6.80.